The summed E-state index contributed by atoms with van der Waals surface area (Å²) in [5.41, 5.74) is 2.12. The van der Waals surface area contributed by atoms with Crippen LogP contribution in [-0.2, 0) is 11.3 Å². The van der Waals surface area contributed by atoms with Crippen LogP contribution < -0.4 is 14.8 Å². The van der Waals surface area contributed by atoms with Crippen LogP contribution in [0, 0.1) is 6.92 Å². The van der Waals surface area contributed by atoms with Gasteiger partial charge in [-0.1, -0.05) is 12.1 Å². The molecule has 1 N–H and O–H groups in total. The van der Waals surface area contributed by atoms with Gasteiger partial charge in [-0.25, -0.2) is 4.98 Å². The lowest BCUT2D eigenvalue weighted by molar-refractivity contribution is -0.127. The summed E-state index contributed by atoms with van der Waals surface area (Å²) in [6.07, 6.45) is 0.261. The maximum Gasteiger partial charge on any atom is 0.260 e. The summed E-state index contributed by atoms with van der Waals surface area (Å²) in [5, 5.41) is 2.93. The Morgan fingerprint density at radius 3 is 2.59 bits per heavy atom. The molecule has 2 aromatic carbocycles. The quantitative estimate of drug-likeness (QED) is 0.620. The van der Waals surface area contributed by atoms with Crippen molar-refractivity contribution in [2.45, 2.75) is 32.9 Å². The first-order valence-corrected chi connectivity index (χ1v) is 9.09. The van der Waals surface area contributed by atoms with E-state index in [4.69, 9.17) is 9.47 Å². The number of para-hydroxylation sites is 2. The van der Waals surface area contributed by atoms with Crippen molar-refractivity contribution in [3.63, 3.8) is 0 Å². The normalized spacial score (nSPS) is 12.0. The first kappa shape index (κ1) is 18.8. The van der Waals surface area contributed by atoms with E-state index in [0.717, 1.165) is 35.6 Å². The minimum Gasteiger partial charge on any atom is -0.497 e. The van der Waals surface area contributed by atoms with Crippen molar-refractivity contribution in [3.05, 3.63) is 54.4 Å². The lowest BCUT2D eigenvalue weighted by Gasteiger charge is -2.15. The van der Waals surface area contributed by atoms with Crippen LogP contribution in [0.2, 0.25) is 0 Å². The third kappa shape index (κ3) is 4.58. The number of imidazole rings is 1. The van der Waals surface area contributed by atoms with Gasteiger partial charge in [-0.05, 0) is 56.7 Å². The second-order valence-electron chi connectivity index (χ2n) is 6.38. The van der Waals surface area contributed by atoms with E-state index in [-0.39, 0.29) is 5.91 Å². The predicted molar refractivity (Wildman–Crippen MR) is 105 cm³/mol. The fourth-order valence-electron chi connectivity index (χ4n) is 2.98. The van der Waals surface area contributed by atoms with E-state index in [1.165, 1.54) is 0 Å². The summed E-state index contributed by atoms with van der Waals surface area (Å²) in [6, 6.07) is 15.3. The highest BCUT2D eigenvalue weighted by Gasteiger charge is 2.14. The number of carbonyl (C=O) groups excluding carboxylic acids is 1. The number of hydrogen-bond acceptors (Lipinski definition) is 4. The molecule has 0 aliphatic rings. The average molecular weight is 367 g/mol. The number of ether oxygens (including phenoxy) is 2. The molecule has 0 radical (unpaired) electrons. The number of aromatic nitrogens is 2. The molecule has 142 valence electrons. The van der Waals surface area contributed by atoms with Crippen molar-refractivity contribution in [2.75, 3.05) is 13.7 Å². The maximum atomic E-state index is 12.2. The summed E-state index contributed by atoms with van der Waals surface area (Å²) < 4.78 is 13.0. The van der Waals surface area contributed by atoms with Gasteiger partial charge in [0.25, 0.3) is 5.91 Å². The van der Waals surface area contributed by atoms with Crippen LogP contribution in [0.25, 0.3) is 11.0 Å². The van der Waals surface area contributed by atoms with E-state index in [2.05, 4.69) is 20.9 Å². The molecule has 27 heavy (non-hydrogen) atoms. The molecule has 1 aromatic heterocycles. The minimum atomic E-state index is -0.561. The average Bonchev–Trinajstić information content (AvgIpc) is 3.00. The largest absolute Gasteiger partial charge is 0.497 e. The second-order valence-corrected chi connectivity index (χ2v) is 6.38. The van der Waals surface area contributed by atoms with E-state index in [1.54, 1.807) is 38.3 Å². The van der Waals surface area contributed by atoms with Crippen molar-refractivity contribution in [3.8, 4) is 11.5 Å². The number of fused-ring (bicyclic) bond motifs is 1. The summed E-state index contributed by atoms with van der Waals surface area (Å²) in [5.74, 6) is 2.25. The number of carbonyl (C=O) groups is 1. The molecule has 0 saturated heterocycles. The summed E-state index contributed by atoms with van der Waals surface area (Å²) in [6.45, 7) is 5.14. The zero-order valence-electron chi connectivity index (χ0n) is 15.9. The zero-order valence-corrected chi connectivity index (χ0v) is 15.9. The van der Waals surface area contributed by atoms with Crippen LogP contribution in [0.3, 0.4) is 0 Å². The van der Waals surface area contributed by atoms with Crippen LogP contribution in [0.5, 0.6) is 11.5 Å². The Kier molecular flexibility index (Phi) is 5.96. The predicted octanol–water partition coefficient (Wildman–Crippen LogP) is 3.33. The summed E-state index contributed by atoms with van der Waals surface area (Å²) in [4.78, 5) is 16.8. The van der Waals surface area contributed by atoms with E-state index in [9.17, 15) is 4.79 Å². The van der Waals surface area contributed by atoms with Crippen molar-refractivity contribution >= 4 is 16.9 Å². The monoisotopic (exact) mass is 367 g/mol. The number of nitrogens with zero attached hydrogens (tertiary/aromatic N) is 2. The zero-order chi connectivity index (χ0) is 19.2. The smallest absolute Gasteiger partial charge is 0.260 e. The third-order valence-corrected chi connectivity index (χ3v) is 4.44. The highest BCUT2D eigenvalue weighted by Crippen LogP contribution is 2.18. The Morgan fingerprint density at radius 2 is 1.85 bits per heavy atom. The van der Waals surface area contributed by atoms with Crippen molar-refractivity contribution in [1.29, 1.82) is 0 Å². The van der Waals surface area contributed by atoms with Gasteiger partial charge < -0.3 is 19.4 Å². The summed E-state index contributed by atoms with van der Waals surface area (Å²) in [7, 11) is 1.61. The molecule has 1 amide bonds. The molecule has 3 aromatic rings. The number of rotatable bonds is 8. The fourth-order valence-corrected chi connectivity index (χ4v) is 2.98. The minimum absolute atomic E-state index is 0.127. The van der Waals surface area contributed by atoms with Gasteiger partial charge in [0.15, 0.2) is 6.10 Å². The molecule has 0 bridgehead atoms. The maximum absolute atomic E-state index is 12.2. The molecule has 0 fully saturated rings. The molecule has 0 aliphatic carbocycles. The van der Waals surface area contributed by atoms with Gasteiger partial charge in [0, 0.05) is 13.1 Å². The Bertz CT molecular complexity index is 903. The second kappa shape index (κ2) is 8.58. The molecule has 3 rings (SSSR count). The van der Waals surface area contributed by atoms with E-state index >= 15 is 0 Å². The molecular weight excluding hydrogens is 342 g/mol. The van der Waals surface area contributed by atoms with Crippen molar-refractivity contribution in [1.82, 2.24) is 14.9 Å². The van der Waals surface area contributed by atoms with E-state index in [1.807, 2.05) is 25.1 Å². The van der Waals surface area contributed by atoms with Gasteiger partial charge in [-0.3, -0.25) is 4.79 Å². The van der Waals surface area contributed by atoms with Gasteiger partial charge in [0.1, 0.15) is 17.3 Å². The highest BCUT2D eigenvalue weighted by molar-refractivity contribution is 5.80. The van der Waals surface area contributed by atoms with Crippen LogP contribution in [-0.4, -0.2) is 35.2 Å². The molecular formula is C21H25N3O3. The van der Waals surface area contributed by atoms with Crippen LogP contribution in [0.1, 0.15) is 19.2 Å². The first-order valence-electron chi connectivity index (χ1n) is 9.09. The number of nitrogens with one attached hydrogen (secondary N) is 1. The Labute approximate surface area is 159 Å². The standard InChI is InChI=1S/C21H25N3O3/c1-15(27-18-11-9-17(26-3)10-12-18)21(25)22-13-6-14-24-16(2)23-19-7-4-5-8-20(19)24/h4-5,7-12,15H,6,13-14H2,1-3H3,(H,22,25). The Morgan fingerprint density at radius 1 is 1.15 bits per heavy atom. The van der Waals surface area contributed by atoms with Gasteiger partial charge in [-0.2, -0.15) is 0 Å². The SMILES string of the molecule is COc1ccc(OC(C)C(=O)NCCCn2c(C)nc3ccccc32)cc1. The lowest BCUT2D eigenvalue weighted by atomic mass is 10.3. The molecule has 0 saturated carbocycles. The van der Waals surface area contributed by atoms with Crippen LogP contribution in [0.15, 0.2) is 48.5 Å². The highest BCUT2D eigenvalue weighted by atomic mass is 16.5. The van der Waals surface area contributed by atoms with Gasteiger partial charge in [0.2, 0.25) is 0 Å². The third-order valence-electron chi connectivity index (χ3n) is 4.44. The van der Waals surface area contributed by atoms with Crippen molar-refractivity contribution in [2.24, 2.45) is 0 Å². The molecule has 1 heterocycles. The first-order chi connectivity index (χ1) is 13.1. The molecule has 0 aliphatic heterocycles. The molecule has 6 nitrogen and oxygen atoms in total. The Balaban J connectivity index is 1.46. The number of aryl methyl sites for hydroxylation is 2. The number of benzene rings is 2. The van der Waals surface area contributed by atoms with Crippen LogP contribution >= 0.6 is 0 Å². The molecule has 1 atom stereocenters. The van der Waals surface area contributed by atoms with Gasteiger partial charge in [0.05, 0.1) is 18.1 Å². The topological polar surface area (TPSA) is 65.4 Å². The number of hydrogen-bond donors (Lipinski definition) is 1. The number of methoxy groups -OCH3 is 1. The fraction of sp³-hybridized carbons (Fsp3) is 0.333. The number of amides is 1. The van der Waals surface area contributed by atoms with Gasteiger partial charge in [-0.15, -0.1) is 0 Å². The Hall–Kier alpha value is -3.02. The van der Waals surface area contributed by atoms with E-state index in [0.29, 0.717) is 12.3 Å². The molecule has 6 heteroatoms. The molecule has 1 unspecified atom stereocenters. The van der Waals surface area contributed by atoms with Crippen molar-refractivity contribution < 1.29 is 14.3 Å². The van der Waals surface area contributed by atoms with Crippen LogP contribution in [0.4, 0.5) is 0 Å². The van der Waals surface area contributed by atoms with E-state index < -0.39 is 6.10 Å². The summed E-state index contributed by atoms with van der Waals surface area (Å²) >= 11 is 0. The lowest BCUT2D eigenvalue weighted by Crippen LogP contribution is -2.37. The molecule has 0 spiro atoms. The van der Waals surface area contributed by atoms with Gasteiger partial charge >= 0.3 is 0 Å².